The van der Waals surface area contributed by atoms with E-state index in [-0.39, 0.29) is 40.6 Å². The molecule has 0 radical (unpaired) electrons. The summed E-state index contributed by atoms with van der Waals surface area (Å²) >= 11 is 0. The molecule has 0 atom stereocenters. The number of unbranched alkanes of at least 4 members (excludes halogenated alkanes) is 1. The first kappa shape index (κ1) is 16.8. The normalized spacial score (nSPS) is 12.5. The Morgan fingerprint density at radius 1 is 1.04 bits per heavy atom. The van der Waals surface area contributed by atoms with Crippen LogP contribution in [0.5, 0.6) is 0 Å². The van der Waals surface area contributed by atoms with Crippen LogP contribution in [0.4, 0.5) is 0 Å². The van der Waals surface area contributed by atoms with Crippen molar-refractivity contribution in [2.45, 2.75) is 26.2 Å². The van der Waals surface area contributed by atoms with Gasteiger partial charge >= 0.3 is 5.97 Å². The summed E-state index contributed by atoms with van der Waals surface area (Å²) in [5.41, 5.74) is 0.567. The van der Waals surface area contributed by atoms with Crippen LogP contribution in [0, 0.1) is 0 Å². The van der Waals surface area contributed by atoms with Crippen molar-refractivity contribution in [1.82, 2.24) is 0 Å². The van der Waals surface area contributed by atoms with Gasteiger partial charge in [0.05, 0.1) is 12.2 Å². The summed E-state index contributed by atoms with van der Waals surface area (Å²) in [6.45, 7) is 2.21. The zero-order valence-electron chi connectivity index (χ0n) is 13.7. The summed E-state index contributed by atoms with van der Waals surface area (Å²) < 4.78 is 10.2. The van der Waals surface area contributed by atoms with E-state index in [1.807, 2.05) is 6.92 Å². The number of carbonyl (C=O) groups is 4. The summed E-state index contributed by atoms with van der Waals surface area (Å²) in [4.78, 5) is 48.7. The minimum Gasteiger partial charge on any atom is -0.465 e. The predicted octanol–water partition coefficient (Wildman–Crippen LogP) is 2.97. The smallest absolute Gasteiger partial charge is 0.313 e. The highest BCUT2D eigenvalue weighted by atomic mass is 16.5. The fourth-order valence-corrected chi connectivity index (χ4v) is 2.61. The molecule has 0 amide bonds. The Morgan fingerprint density at radius 3 is 2.40 bits per heavy atom. The fraction of sp³-hybridized carbons (Fsp3) is 0.263. The van der Waals surface area contributed by atoms with Gasteiger partial charge in [0.2, 0.25) is 11.6 Å². The number of ketones is 3. The van der Waals surface area contributed by atoms with Gasteiger partial charge in [-0.2, -0.15) is 0 Å². The van der Waals surface area contributed by atoms with E-state index < -0.39 is 24.0 Å². The number of esters is 1. The first-order valence-corrected chi connectivity index (χ1v) is 8.04. The minimum atomic E-state index is -0.659. The van der Waals surface area contributed by atoms with Crippen molar-refractivity contribution in [2.75, 3.05) is 6.61 Å². The number of fused-ring (bicyclic) bond motifs is 2. The van der Waals surface area contributed by atoms with Crippen LogP contribution in [-0.2, 0) is 9.53 Å². The molecule has 0 N–H and O–H groups in total. The average molecular weight is 340 g/mol. The van der Waals surface area contributed by atoms with Crippen molar-refractivity contribution in [3.8, 4) is 0 Å². The number of carbonyl (C=O) groups excluding carboxylic acids is 4. The van der Waals surface area contributed by atoms with Crippen LogP contribution >= 0.6 is 0 Å². The Kier molecular flexibility index (Phi) is 4.61. The van der Waals surface area contributed by atoms with E-state index in [9.17, 15) is 19.2 Å². The lowest BCUT2D eigenvalue weighted by atomic mass is 9.88. The van der Waals surface area contributed by atoms with Gasteiger partial charge in [-0.05, 0) is 12.5 Å². The molecule has 1 aliphatic carbocycles. The molecule has 1 aliphatic rings. The van der Waals surface area contributed by atoms with Crippen LogP contribution in [-0.4, -0.2) is 29.9 Å². The van der Waals surface area contributed by atoms with Gasteiger partial charge in [0, 0.05) is 11.1 Å². The average Bonchev–Trinajstić information content (AvgIpc) is 3.06. The van der Waals surface area contributed by atoms with Crippen molar-refractivity contribution in [3.63, 3.8) is 0 Å². The van der Waals surface area contributed by atoms with Crippen molar-refractivity contribution < 1.29 is 28.3 Å². The zero-order valence-corrected chi connectivity index (χ0v) is 13.7. The first-order chi connectivity index (χ1) is 12.0. The van der Waals surface area contributed by atoms with Gasteiger partial charge in [-0.25, -0.2) is 0 Å². The molecular formula is C19H16O6. The Hall–Kier alpha value is -3.02. The molecule has 0 spiro atoms. The Bertz CT molecular complexity index is 821. The molecule has 0 unspecified atom stereocenters. The number of hydrogen-bond acceptors (Lipinski definition) is 6. The van der Waals surface area contributed by atoms with E-state index in [2.05, 4.69) is 0 Å². The molecule has 1 aromatic heterocycles. The van der Waals surface area contributed by atoms with Crippen LogP contribution in [0.2, 0.25) is 0 Å². The largest absolute Gasteiger partial charge is 0.465 e. The monoisotopic (exact) mass is 340 g/mol. The highest BCUT2D eigenvalue weighted by molar-refractivity contribution is 6.28. The summed E-state index contributed by atoms with van der Waals surface area (Å²) in [7, 11) is 0. The molecule has 6 heteroatoms. The van der Waals surface area contributed by atoms with Gasteiger partial charge in [0.25, 0.3) is 0 Å². The number of benzene rings is 1. The molecule has 0 saturated carbocycles. The third-order valence-electron chi connectivity index (χ3n) is 3.94. The molecule has 128 valence electrons. The molecule has 2 aromatic rings. The lowest BCUT2D eigenvalue weighted by Crippen LogP contribution is -2.18. The lowest BCUT2D eigenvalue weighted by Gasteiger charge is -2.11. The van der Waals surface area contributed by atoms with E-state index in [0.717, 1.165) is 12.8 Å². The van der Waals surface area contributed by atoms with Crippen LogP contribution < -0.4 is 0 Å². The quantitative estimate of drug-likeness (QED) is 0.296. The second-order valence-corrected chi connectivity index (χ2v) is 5.73. The maximum absolute atomic E-state index is 12.5. The van der Waals surface area contributed by atoms with Crippen LogP contribution in [0.25, 0.3) is 0 Å². The standard InChI is InChI=1S/C19H16O6/c1-2-3-8-24-16(21)10-14(20)15-9-13-17(22)11-6-4-5-7-12(11)18(23)19(13)25-15/h4-7,9H,2-3,8,10H2,1H3. The summed E-state index contributed by atoms with van der Waals surface area (Å²) in [5.74, 6) is -2.46. The summed E-state index contributed by atoms with van der Waals surface area (Å²) in [6.07, 6.45) is 1.10. The number of ether oxygens (including phenoxy) is 1. The molecule has 6 nitrogen and oxygen atoms in total. The second kappa shape index (κ2) is 6.84. The third-order valence-corrected chi connectivity index (χ3v) is 3.94. The molecule has 0 aliphatic heterocycles. The van der Waals surface area contributed by atoms with E-state index in [4.69, 9.17) is 9.15 Å². The number of furan rings is 1. The van der Waals surface area contributed by atoms with Crippen LogP contribution in [0.1, 0.15) is 68.8 Å². The van der Waals surface area contributed by atoms with E-state index >= 15 is 0 Å². The van der Waals surface area contributed by atoms with Gasteiger partial charge < -0.3 is 9.15 Å². The first-order valence-electron chi connectivity index (χ1n) is 8.04. The van der Waals surface area contributed by atoms with E-state index in [1.54, 1.807) is 18.2 Å². The Balaban J connectivity index is 1.81. The van der Waals surface area contributed by atoms with Crippen LogP contribution in [0.15, 0.2) is 34.7 Å². The zero-order chi connectivity index (χ0) is 18.0. The lowest BCUT2D eigenvalue weighted by molar-refractivity contribution is -0.142. The minimum absolute atomic E-state index is 0.0476. The molecule has 0 saturated heterocycles. The summed E-state index contributed by atoms with van der Waals surface area (Å²) in [6, 6.07) is 7.63. The van der Waals surface area contributed by atoms with Gasteiger partial charge in [0.15, 0.2) is 17.3 Å². The fourth-order valence-electron chi connectivity index (χ4n) is 2.61. The maximum Gasteiger partial charge on any atom is 0.313 e. The Morgan fingerprint density at radius 2 is 1.72 bits per heavy atom. The third kappa shape index (κ3) is 3.15. The molecule has 0 bridgehead atoms. The van der Waals surface area contributed by atoms with Crippen molar-refractivity contribution >= 4 is 23.3 Å². The maximum atomic E-state index is 12.5. The number of rotatable bonds is 6. The van der Waals surface area contributed by atoms with Gasteiger partial charge in [0.1, 0.15) is 6.42 Å². The van der Waals surface area contributed by atoms with Crippen molar-refractivity contribution in [3.05, 3.63) is 58.5 Å². The molecule has 3 rings (SSSR count). The topological polar surface area (TPSA) is 90.7 Å². The summed E-state index contributed by atoms with van der Waals surface area (Å²) in [5, 5.41) is 0. The highest BCUT2D eigenvalue weighted by Crippen LogP contribution is 2.30. The highest BCUT2D eigenvalue weighted by Gasteiger charge is 2.34. The molecule has 25 heavy (non-hydrogen) atoms. The molecular weight excluding hydrogens is 324 g/mol. The molecule has 1 heterocycles. The van der Waals surface area contributed by atoms with E-state index in [0.29, 0.717) is 0 Å². The van der Waals surface area contributed by atoms with E-state index in [1.165, 1.54) is 12.1 Å². The Labute approximate surface area is 143 Å². The predicted molar refractivity (Wildman–Crippen MR) is 86.8 cm³/mol. The van der Waals surface area contributed by atoms with Crippen molar-refractivity contribution in [2.24, 2.45) is 0 Å². The molecule has 0 fully saturated rings. The second-order valence-electron chi connectivity index (χ2n) is 5.73. The van der Waals surface area contributed by atoms with Crippen molar-refractivity contribution in [1.29, 1.82) is 0 Å². The van der Waals surface area contributed by atoms with Gasteiger partial charge in [-0.15, -0.1) is 0 Å². The van der Waals surface area contributed by atoms with Crippen LogP contribution in [0.3, 0.4) is 0 Å². The van der Waals surface area contributed by atoms with Gasteiger partial charge in [-0.3, -0.25) is 19.2 Å². The molecule has 1 aromatic carbocycles. The number of Topliss-reactive ketones (excluding diaryl/α,β-unsaturated/α-hetero) is 1. The van der Waals surface area contributed by atoms with Gasteiger partial charge in [-0.1, -0.05) is 37.6 Å². The SMILES string of the molecule is CCCCOC(=O)CC(=O)c1cc2c(o1)C(=O)c1ccccc1C2=O. The number of hydrogen-bond donors (Lipinski definition) is 0.